The molecule has 1 fully saturated rings. The minimum atomic E-state index is -0.246. The summed E-state index contributed by atoms with van der Waals surface area (Å²) in [6, 6.07) is 0. The fraction of sp³-hybridized carbons (Fsp3) is 0.583. The fourth-order valence-electron chi connectivity index (χ4n) is 2.02. The molecule has 7 nitrogen and oxygen atoms in total. The van der Waals surface area contributed by atoms with Gasteiger partial charge in [0.1, 0.15) is 5.82 Å². The monoisotopic (exact) mass is 343 g/mol. The maximum Gasteiger partial charge on any atom is 0.409 e. The number of carbonyl (C=O) groups excluding carboxylic acids is 1. The number of aromatic nitrogens is 2. The molecule has 0 saturated carbocycles. The lowest BCUT2D eigenvalue weighted by molar-refractivity contribution is 0.105. The Kier molecular flexibility index (Phi) is 4.99. The van der Waals surface area contributed by atoms with Gasteiger partial charge in [-0.05, 0) is 22.9 Å². The van der Waals surface area contributed by atoms with Crippen LogP contribution in [0.15, 0.2) is 10.7 Å². The number of amides is 1. The highest BCUT2D eigenvalue weighted by molar-refractivity contribution is 9.10. The summed E-state index contributed by atoms with van der Waals surface area (Å²) in [5, 5.41) is 2.92. The molecule has 1 saturated heterocycles. The van der Waals surface area contributed by atoms with E-state index in [1.165, 1.54) is 0 Å². The Morgan fingerprint density at radius 3 is 2.75 bits per heavy atom. The number of hydrogen-bond acceptors (Lipinski definition) is 6. The van der Waals surface area contributed by atoms with Crippen LogP contribution < -0.4 is 10.2 Å². The molecule has 1 aliphatic rings. The zero-order chi connectivity index (χ0) is 14.5. The van der Waals surface area contributed by atoms with Crippen molar-refractivity contribution >= 4 is 33.8 Å². The lowest BCUT2D eigenvalue weighted by Crippen LogP contribution is -2.49. The van der Waals surface area contributed by atoms with Gasteiger partial charge in [0.05, 0.1) is 11.1 Å². The number of hydrogen-bond donors (Lipinski definition) is 1. The van der Waals surface area contributed by atoms with Crippen molar-refractivity contribution in [1.29, 1.82) is 0 Å². The number of nitrogens with zero attached hydrogens (tertiary/aromatic N) is 4. The number of piperazine rings is 1. The summed E-state index contributed by atoms with van der Waals surface area (Å²) in [7, 11) is 1.78. The Morgan fingerprint density at radius 2 is 2.15 bits per heavy atom. The van der Waals surface area contributed by atoms with Crippen LogP contribution in [0.25, 0.3) is 0 Å². The van der Waals surface area contributed by atoms with E-state index >= 15 is 0 Å². The van der Waals surface area contributed by atoms with Crippen molar-refractivity contribution in [1.82, 2.24) is 14.9 Å². The molecule has 2 heterocycles. The van der Waals surface area contributed by atoms with Crippen molar-refractivity contribution in [2.45, 2.75) is 6.92 Å². The standard InChI is InChI=1S/C12H18BrN5O2/c1-3-20-12(19)18-6-4-17(5-7-18)10-9(13)8-15-11(14-2)16-10/h8H,3-7H2,1-2H3,(H,14,15,16). The number of ether oxygens (including phenoxy) is 1. The zero-order valence-electron chi connectivity index (χ0n) is 11.6. The normalized spacial score (nSPS) is 15.2. The molecule has 8 heteroatoms. The Balaban J connectivity index is 2.02. The molecule has 2 rings (SSSR count). The lowest BCUT2D eigenvalue weighted by atomic mass is 10.3. The number of rotatable bonds is 3. The maximum absolute atomic E-state index is 11.6. The predicted molar refractivity (Wildman–Crippen MR) is 80.1 cm³/mol. The molecule has 0 radical (unpaired) electrons. The van der Waals surface area contributed by atoms with Crippen LogP contribution in [-0.4, -0.2) is 60.8 Å². The smallest absolute Gasteiger partial charge is 0.409 e. The molecular formula is C12H18BrN5O2. The van der Waals surface area contributed by atoms with E-state index in [-0.39, 0.29) is 6.09 Å². The molecule has 0 bridgehead atoms. The highest BCUT2D eigenvalue weighted by Crippen LogP contribution is 2.25. The first-order valence-corrected chi connectivity index (χ1v) is 7.32. The van der Waals surface area contributed by atoms with Gasteiger partial charge in [-0.15, -0.1) is 0 Å². The van der Waals surface area contributed by atoms with Gasteiger partial charge >= 0.3 is 6.09 Å². The Bertz CT molecular complexity index is 477. The second-order valence-electron chi connectivity index (χ2n) is 4.29. The minimum absolute atomic E-state index is 0.246. The molecular weight excluding hydrogens is 326 g/mol. The summed E-state index contributed by atoms with van der Waals surface area (Å²) in [5.74, 6) is 1.42. The summed E-state index contributed by atoms with van der Waals surface area (Å²) in [4.78, 5) is 24.1. The van der Waals surface area contributed by atoms with Gasteiger partial charge in [0.15, 0.2) is 0 Å². The number of carbonyl (C=O) groups is 1. The van der Waals surface area contributed by atoms with Gasteiger partial charge < -0.3 is 19.9 Å². The SMILES string of the molecule is CCOC(=O)N1CCN(c2nc(NC)ncc2Br)CC1. The van der Waals surface area contributed by atoms with Crippen molar-refractivity contribution in [3.8, 4) is 0 Å². The van der Waals surface area contributed by atoms with Crippen LogP contribution in [0.2, 0.25) is 0 Å². The molecule has 1 N–H and O–H groups in total. The van der Waals surface area contributed by atoms with E-state index in [0.29, 0.717) is 25.6 Å². The first kappa shape index (κ1) is 14.8. The first-order chi connectivity index (χ1) is 9.65. The van der Waals surface area contributed by atoms with Crippen LogP contribution in [0.5, 0.6) is 0 Å². The van der Waals surface area contributed by atoms with Crippen molar-refractivity contribution in [2.75, 3.05) is 50.1 Å². The van der Waals surface area contributed by atoms with Crippen molar-refractivity contribution in [3.63, 3.8) is 0 Å². The molecule has 1 aromatic heterocycles. The molecule has 0 aliphatic carbocycles. The average molecular weight is 344 g/mol. The van der Waals surface area contributed by atoms with Crippen LogP contribution in [0.3, 0.4) is 0 Å². The molecule has 20 heavy (non-hydrogen) atoms. The second-order valence-corrected chi connectivity index (χ2v) is 5.14. The third kappa shape index (κ3) is 3.30. The van der Waals surface area contributed by atoms with Crippen LogP contribution in [0.4, 0.5) is 16.6 Å². The quantitative estimate of drug-likeness (QED) is 0.897. The van der Waals surface area contributed by atoms with Crippen molar-refractivity contribution in [3.05, 3.63) is 10.7 Å². The topological polar surface area (TPSA) is 70.6 Å². The maximum atomic E-state index is 11.6. The van der Waals surface area contributed by atoms with Gasteiger partial charge in [-0.1, -0.05) is 0 Å². The summed E-state index contributed by atoms with van der Waals surface area (Å²) >= 11 is 3.46. The molecule has 0 aromatic carbocycles. The summed E-state index contributed by atoms with van der Waals surface area (Å²) in [5.41, 5.74) is 0. The van der Waals surface area contributed by atoms with E-state index in [4.69, 9.17) is 4.74 Å². The third-order valence-electron chi connectivity index (χ3n) is 3.05. The van der Waals surface area contributed by atoms with E-state index in [1.807, 2.05) is 6.92 Å². The first-order valence-electron chi connectivity index (χ1n) is 6.52. The van der Waals surface area contributed by atoms with Gasteiger partial charge in [-0.25, -0.2) is 9.78 Å². The van der Waals surface area contributed by atoms with Gasteiger partial charge in [-0.3, -0.25) is 0 Å². The predicted octanol–water partition coefficient (Wildman–Crippen LogP) is 1.56. The van der Waals surface area contributed by atoms with Gasteiger partial charge in [0.25, 0.3) is 0 Å². The largest absolute Gasteiger partial charge is 0.450 e. The lowest BCUT2D eigenvalue weighted by Gasteiger charge is -2.35. The third-order valence-corrected chi connectivity index (χ3v) is 3.61. The van der Waals surface area contributed by atoms with Crippen LogP contribution in [-0.2, 0) is 4.74 Å². The highest BCUT2D eigenvalue weighted by atomic mass is 79.9. The summed E-state index contributed by atoms with van der Waals surface area (Å²) in [6.07, 6.45) is 1.48. The minimum Gasteiger partial charge on any atom is -0.450 e. The molecule has 1 aromatic rings. The van der Waals surface area contributed by atoms with Gasteiger partial charge in [0.2, 0.25) is 5.95 Å². The summed E-state index contributed by atoms with van der Waals surface area (Å²) < 4.78 is 5.85. The van der Waals surface area contributed by atoms with E-state index in [1.54, 1.807) is 18.1 Å². The van der Waals surface area contributed by atoms with Crippen LogP contribution in [0.1, 0.15) is 6.92 Å². The highest BCUT2D eigenvalue weighted by Gasteiger charge is 2.24. The van der Waals surface area contributed by atoms with Gasteiger partial charge in [0, 0.05) is 39.4 Å². The van der Waals surface area contributed by atoms with Crippen molar-refractivity contribution in [2.24, 2.45) is 0 Å². The van der Waals surface area contributed by atoms with E-state index in [0.717, 1.165) is 23.4 Å². The van der Waals surface area contributed by atoms with Crippen LogP contribution >= 0.6 is 15.9 Å². The molecule has 1 aliphatic heterocycles. The Hall–Kier alpha value is -1.57. The molecule has 110 valence electrons. The van der Waals surface area contributed by atoms with E-state index < -0.39 is 0 Å². The summed E-state index contributed by atoms with van der Waals surface area (Å²) in [6.45, 7) is 4.91. The molecule has 0 spiro atoms. The second kappa shape index (κ2) is 6.74. The number of halogens is 1. The number of nitrogens with one attached hydrogen (secondary N) is 1. The van der Waals surface area contributed by atoms with E-state index in [9.17, 15) is 4.79 Å². The molecule has 1 amide bonds. The van der Waals surface area contributed by atoms with Gasteiger partial charge in [-0.2, -0.15) is 4.98 Å². The van der Waals surface area contributed by atoms with E-state index in [2.05, 4.69) is 36.1 Å². The molecule has 0 atom stereocenters. The Morgan fingerprint density at radius 1 is 1.45 bits per heavy atom. The zero-order valence-corrected chi connectivity index (χ0v) is 13.2. The fourth-order valence-corrected chi connectivity index (χ4v) is 2.46. The number of anilines is 2. The van der Waals surface area contributed by atoms with Crippen LogP contribution in [0, 0.1) is 0 Å². The molecule has 0 unspecified atom stereocenters. The van der Waals surface area contributed by atoms with Crippen molar-refractivity contribution < 1.29 is 9.53 Å². The Labute approximate surface area is 126 Å². The average Bonchev–Trinajstić information content (AvgIpc) is 2.48.